The van der Waals surface area contributed by atoms with Gasteiger partial charge in [-0.3, -0.25) is 4.79 Å². The van der Waals surface area contributed by atoms with Crippen LogP contribution in [0.1, 0.15) is 24.8 Å². The second-order valence-corrected chi connectivity index (χ2v) is 7.11. The Kier molecular flexibility index (Phi) is 4.01. The Labute approximate surface area is 148 Å². The second-order valence-electron chi connectivity index (χ2n) is 6.16. The van der Waals surface area contributed by atoms with E-state index < -0.39 is 5.76 Å². The van der Waals surface area contributed by atoms with E-state index in [1.807, 2.05) is 47.8 Å². The summed E-state index contributed by atoms with van der Waals surface area (Å²) in [5.41, 5.74) is 0.767. The lowest BCUT2D eigenvalue weighted by atomic mass is 9.72. The van der Waals surface area contributed by atoms with Crippen molar-refractivity contribution >= 4 is 17.2 Å². The first-order chi connectivity index (χ1) is 12.2. The van der Waals surface area contributed by atoms with Crippen molar-refractivity contribution < 1.29 is 9.21 Å². The molecule has 7 heteroatoms. The molecule has 0 spiro atoms. The van der Waals surface area contributed by atoms with Gasteiger partial charge in [0, 0.05) is 0 Å². The minimum Gasteiger partial charge on any atom is -0.387 e. The molecule has 1 aromatic carbocycles. The summed E-state index contributed by atoms with van der Waals surface area (Å²) in [6.07, 6.45) is 2.87. The van der Waals surface area contributed by atoms with E-state index in [0.717, 1.165) is 34.4 Å². The summed E-state index contributed by atoms with van der Waals surface area (Å²) >= 11 is 1.43. The molecule has 4 rings (SSSR count). The first-order valence-electron chi connectivity index (χ1n) is 8.15. The van der Waals surface area contributed by atoms with Crippen LogP contribution in [0.3, 0.4) is 0 Å². The zero-order valence-corrected chi connectivity index (χ0v) is 14.3. The van der Waals surface area contributed by atoms with Crippen molar-refractivity contribution in [2.75, 3.05) is 0 Å². The number of hydrogen-bond donors (Lipinski definition) is 1. The number of aromatic nitrogens is 2. The van der Waals surface area contributed by atoms with Crippen LogP contribution in [0.2, 0.25) is 0 Å². The van der Waals surface area contributed by atoms with Crippen molar-refractivity contribution in [3.8, 4) is 10.8 Å². The lowest BCUT2D eigenvalue weighted by Gasteiger charge is -2.43. The fourth-order valence-corrected chi connectivity index (χ4v) is 3.77. The third-order valence-corrected chi connectivity index (χ3v) is 5.40. The fourth-order valence-electron chi connectivity index (χ4n) is 3.12. The van der Waals surface area contributed by atoms with Crippen molar-refractivity contribution in [3.05, 3.63) is 64.0 Å². The zero-order chi connectivity index (χ0) is 17.3. The Balaban J connectivity index is 1.50. The van der Waals surface area contributed by atoms with Gasteiger partial charge in [-0.05, 0) is 36.3 Å². The van der Waals surface area contributed by atoms with Crippen molar-refractivity contribution in [1.29, 1.82) is 0 Å². The summed E-state index contributed by atoms with van der Waals surface area (Å²) in [4.78, 5) is 25.2. The van der Waals surface area contributed by atoms with Crippen LogP contribution >= 0.6 is 11.3 Å². The maximum atomic E-state index is 12.5. The number of amides is 1. The maximum Gasteiger partial charge on any atom is 0.437 e. The SMILES string of the molecule is O=C(Cn1nc(-c2cccs2)oc1=O)NC1(c2ccccc2)CCC1. The molecule has 1 N–H and O–H groups in total. The quantitative estimate of drug-likeness (QED) is 0.763. The van der Waals surface area contributed by atoms with Crippen LogP contribution in [-0.4, -0.2) is 15.7 Å². The molecule has 0 radical (unpaired) electrons. The molecule has 0 saturated heterocycles. The van der Waals surface area contributed by atoms with Gasteiger partial charge < -0.3 is 9.73 Å². The van der Waals surface area contributed by atoms with Crippen LogP contribution in [0.25, 0.3) is 10.8 Å². The van der Waals surface area contributed by atoms with Gasteiger partial charge in [-0.25, -0.2) is 4.79 Å². The summed E-state index contributed by atoms with van der Waals surface area (Å²) in [5.74, 6) is -0.619. The number of hydrogen-bond acceptors (Lipinski definition) is 5. The Bertz CT molecular complexity index is 924. The van der Waals surface area contributed by atoms with E-state index in [4.69, 9.17) is 4.42 Å². The highest BCUT2D eigenvalue weighted by molar-refractivity contribution is 7.13. The van der Waals surface area contributed by atoms with E-state index in [2.05, 4.69) is 10.4 Å². The van der Waals surface area contributed by atoms with E-state index in [9.17, 15) is 9.59 Å². The molecular weight excluding hydrogens is 338 g/mol. The Morgan fingerprint density at radius 2 is 2.04 bits per heavy atom. The monoisotopic (exact) mass is 355 g/mol. The van der Waals surface area contributed by atoms with Gasteiger partial charge in [-0.1, -0.05) is 36.4 Å². The molecule has 3 aromatic rings. The van der Waals surface area contributed by atoms with Crippen molar-refractivity contribution in [2.24, 2.45) is 0 Å². The van der Waals surface area contributed by atoms with Crippen LogP contribution in [0.4, 0.5) is 0 Å². The molecular formula is C18H17N3O3S. The number of carbonyl (C=O) groups excluding carboxylic acids is 1. The third kappa shape index (κ3) is 3.02. The summed E-state index contributed by atoms with van der Waals surface area (Å²) in [6, 6.07) is 13.6. The highest BCUT2D eigenvalue weighted by Gasteiger charge is 2.39. The molecule has 0 bridgehead atoms. The van der Waals surface area contributed by atoms with E-state index in [-0.39, 0.29) is 23.9 Å². The van der Waals surface area contributed by atoms with Crippen LogP contribution < -0.4 is 11.1 Å². The number of carbonyl (C=O) groups is 1. The predicted molar refractivity (Wildman–Crippen MR) is 94.2 cm³/mol. The highest BCUT2D eigenvalue weighted by atomic mass is 32.1. The van der Waals surface area contributed by atoms with Gasteiger partial charge >= 0.3 is 5.76 Å². The lowest BCUT2D eigenvalue weighted by molar-refractivity contribution is -0.125. The fraction of sp³-hybridized carbons (Fsp3) is 0.278. The number of benzene rings is 1. The van der Waals surface area contributed by atoms with Gasteiger partial charge in [-0.15, -0.1) is 16.4 Å². The molecule has 1 aliphatic rings. The molecule has 0 atom stereocenters. The molecule has 1 aliphatic carbocycles. The van der Waals surface area contributed by atoms with Gasteiger partial charge in [0.05, 0.1) is 10.4 Å². The first-order valence-corrected chi connectivity index (χ1v) is 9.03. The molecule has 25 heavy (non-hydrogen) atoms. The van der Waals surface area contributed by atoms with E-state index in [1.54, 1.807) is 0 Å². The highest BCUT2D eigenvalue weighted by Crippen LogP contribution is 2.41. The molecule has 128 valence electrons. The smallest absolute Gasteiger partial charge is 0.387 e. The molecule has 0 unspecified atom stereocenters. The first kappa shape index (κ1) is 15.8. The van der Waals surface area contributed by atoms with Crippen LogP contribution in [0.5, 0.6) is 0 Å². The summed E-state index contributed by atoms with van der Waals surface area (Å²) < 4.78 is 6.21. The summed E-state index contributed by atoms with van der Waals surface area (Å²) in [5, 5.41) is 9.09. The molecule has 1 amide bonds. The van der Waals surface area contributed by atoms with Crippen LogP contribution in [0.15, 0.2) is 57.1 Å². The Hall–Kier alpha value is -2.67. The Morgan fingerprint density at radius 1 is 1.24 bits per heavy atom. The average Bonchev–Trinajstić information content (AvgIpc) is 3.22. The molecule has 6 nitrogen and oxygen atoms in total. The molecule has 1 saturated carbocycles. The maximum absolute atomic E-state index is 12.5. The average molecular weight is 355 g/mol. The predicted octanol–water partition coefficient (Wildman–Crippen LogP) is 2.76. The normalized spacial score (nSPS) is 15.5. The number of nitrogens with one attached hydrogen (secondary N) is 1. The van der Waals surface area contributed by atoms with Gasteiger partial charge in [0.2, 0.25) is 5.91 Å². The number of nitrogens with zero attached hydrogens (tertiary/aromatic N) is 2. The van der Waals surface area contributed by atoms with Gasteiger partial charge in [-0.2, -0.15) is 4.68 Å². The van der Waals surface area contributed by atoms with E-state index in [0.29, 0.717) is 0 Å². The number of thiophene rings is 1. The van der Waals surface area contributed by atoms with E-state index in [1.165, 1.54) is 11.3 Å². The minimum atomic E-state index is -0.624. The second kappa shape index (κ2) is 6.33. The van der Waals surface area contributed by atoms with Crippen LogP contribution in [-0.2, 0) is 16.9 Å². The molecule has 1 fully saturated rings. The zero-order valence-electron chi connectivity index (χ0n) is 13.5. The summed E-state index contributed by atoms with van der Waals surface area (Å²) in [6.45, 7) is -0.151. The van der Waals surface area contributed by atoms with Gasteiger partial charge in [0.25, 0.3) is 5.89 Å². The van der Waals surface area contributed by atoms with Gasteiger partial charge in [0.15, 0.2) is 0 Å². The summed E-state index contributed by atoms with van der Waals surface area (Å²) in [7, 11) is 0. The largest absolute Gasteiger partial charge is 0.437 e. The third-order valence-electron chi connectivity index (χ3n) is 4.54. The van der Waals surface area contributed by atoms with Crippen molar-refractivity contribution in [3.63, 3.8) is 0 Å². The number of rotatable bonds is 5. The van der Waals surface area contributed by atoms with E-state index >= 15 is 0 Å². The van der Waals surface area contributed by atoms with Gasteiger partial charge in [0.1, 0.15) is 6.54 Å². The minimum absolute atomic E-state index is 0.151. The molecule has 2 aromatic heterocycles. The molecule has 2 heterocycles. The Morgan fingerprint density at radius 3 is 2.68 bits per heavy atom. The van der Waals surface area contributed by atoms with Crippen molar-refractivity contribution in [1.82, 2.24) is 15.1 Å². The van der Waals surface area contributed by atoms with Crippen LogP contribution in [0, 0.1) is 0 Å². The molecule has 0 aliphatic heterocycles. The standard InChI is InChI=1S/C18H17N3O3S/c22-15(19-18(9-5-10-18)13-6-2-1-3-7-13)12-21-17(23)24-16(20-21)14-8-4-11-25-14/h1-4,6-8,11H,5,9-10,12H2,(H,19,22). The topological polar surface area (TPSA) is 77.1 Å². The van der Waals surface area contributed by atoms with Crippen molar-refractivity contribution in [2.45, 2.75) is 31.3 Å². The lowest BCUT2D eigenvalue weighted by Crippen LogP contribution is -2.52.